The molecule has 1 saturated carbocycles. The average Bonchev–Trinajstić information content (AvgIpc) is 2.42. The Morgan fingerprint density at radius 3 is 2.30 bits per heavy atom. The van der Waals surface area contributed by atoms with Crippen LogP contribution in [0.15, 0.2) is 0 Å². The van der Waals surface area contributed by atoms with Crippen LogP contribution in [0.1, 0.15) is 79.1 Å². The zero-order valence-electron chi connectivity index (χ0n) is 14.5. The molecule has 1 aliphatic rings. The molecule has 0 aromatic rings. The van der Waals surface area contributed by atoms with Crippen LogP contribution in [0.2, 0.25) is 0 Å². The highest BCUT2D eigenvalue weighted by Gasteiger charge is 2.30. The maximum atomic E-state index is 5.95. The molecule has 1 fully saturated rings. The fourth-order valence-electron chi connectivity index (χ4n) is 3.45. The molecule has 0 saturated heterocycles. The molecule has 20 heavy (non-hydrogen) atoms. The minimum atomic E-state index is 0.407. The third kappa shape index (κ3) is 6.58. The van der Waals surface area contributed by atoms with Gasteiger partial charge in [-0.3, -0.25) is 0 Å². The Hall–Kier alpha value is -0.0800. The third-order valence-corrected chi connectivity index (χ3v) is 4.65. The van der Waals surface area contributed by atoms with Gasteiger partial charge < -0.3 is 10.1 Å². The number of ether oxygens (including phenoxy) is 1. The van der Waals surface area contributed by atoms with E-state index in [4.69, 9.17) is 4.74 Å². The van der Waals surface area contributed by atoms with Gasteiger partial charge in [0.2, 0.25) is 0 Å². The number of hydrogen-bond donors (Lipinski definition) is 1. The molecule has 0 amide bonds. The highest BCUT2D eigenvalue weighted by atomic mass is 16.5. The van der Waals surface area contributed by atoms with E-state index in [1.54, 1.807) is 0 Å². The molecular weight excluding hydrogens is 246 g/mol. The van der Waals surface area contributed by atoms with Gasteiger partial charge >= 0.3 is 0 Å². The average molecular weight is 284 g/mol. The molecule has 0 aliphatic heterocycles. The smallest absolute Gasteiger partial charge is 0.0752 e. The van der Waals surface area contributed by atoms with E-state index in [1.165, 1.54) is 51.4 Å². The van der Waals surface area contributed by atoms with Crippen molar-refractivity contribution in [1.29, 1.82) is 0 Å². The number of hydrogen-bond acceptors (Lipinski definition) is 2. The molecule has 0 heterocycles. The lowest BCUT2D eigenvalue weighted by molar-refractivity contribution is 0.00366. The summed E-state index contributed by atoms with van der Waals surface area (Å²) in [5, 5.41) is 3.77. The molecule has 120 valence electrons. The fraction of sp³-hybridized carbons (Fsp3) is 1.00. The van der Waals surface area contributed by atoms with Crippen molar-refractivity contribution >= 4 is 0 Å². The van der Waals surface area contributed by atoms with Gasteiger partial charge in [0.1, 0.15) is 0 Å². The minimum Gasteiger partial charge on any atom is -0.380 e. The molecule has 0 bridgehead atoms. The lowest BCUT2D eigenvalue weighted by Crippen LogP contribution is -2.46. The van der Waals surface area contributed by atoms with Crippen molar-refractivity contribution in [3.05, 3.63) is 0 Å². The topological polar surface area (TPSA) is 21.3 Å². The van der Waals surface area contributed by atoms with Crippen molar-refractivity contribution in [2.45, 2.75) is 91.2 Å². The van der Waals surface area contributed by atoms with Crippen LogP contribution in [0, 0.1) is 11.3 Å². The van der Waals surface area contributed by atoms with E-state index in [0.29, 0.717) is 17.6 Å². The van der Waals surface area contributed by atoms with Gasteiger partial charge in [-0.15, -0.1) is 0 Å². The molecule has 0 spiro atoms. The molecule has 0 radical (unpaired) electrons. The first-order chi connectivity index (χ1) is 9.48. The summed E-state index contributed by atoms with van der Waals surface area (Å²) in [6.07, 6.45) is 11.0. The maximum Gasteiger partial charge on any atom is 0.0752 e. The fourth-order valence-corrected chi connectivity index (χ4v) is 3.45. The highest BCUT2D eigenvalue weighted by Crippen LogP contribution is 2.31. The van der Waals surface area contributed by atoms with E-state index in [2.05, 4.69) is 33.0 Å². The number of methoxy groups -OCH3 is 1. The van der Waals surface area contributed by atoms with Crippen LogP contribution >= 0.6 is 0 Å². The monoisotopic (exact) mass is 283 g/mol. The summed E-state index contributed by atoms with van der Waals surface area (Å²) in [4.78, 5) is 0. The van der Waals surface area contributed by atoms with Crippen molar-refractivity contribution in [2.24, 2.45) is 11.3 Å². The second-order valence-corrected chi connectivity index (χ2v) is 7.76. The van der Waals surface area contributed by atoms with Gasteiger partial charge in [-0.1, -0.05) is 47.0 Å². The van der Waals surface area contributed by atoms with Crippen LogP contribution in [-0.2, 0) is 4.74 Å². The molecule has 0 aromatic carbocycles. The number of rotatable bonds is 8. The van der Waals surface area contributed by atoms with E-state index < -0.39 is 0 Å². The van der Waals surface area contributed by atoms with E-state index in [-0.39, 0.29) is 0 Å². The lowest BCUT2D eigenvalue weighted by Gasteiger charge is -2.36. The molecular formula is C18H37NO. The summed E-state index contributed by atoms with van der Waals surface area (Å²) in [6.45, 7) is 10.4. The van der Waals surface area contributed by atoms with Gasteiger partial charge in [0.05, 0.1) is 6.10 Å². The summed E-state index contributed by atoms with van der Waals surface area (Å²) in [5.41, 5.74) is 0.414. The molecule has 1 aliphatic carbocycles. The Morgan fingerprint density at radius 1 is 1.15 bits per heavy atom. The first-order valence-electron chi connectivity index (χ1n) is 8.74. The van der Waals surface area contributed by atoms with E-state index in [1.807, 2.05) is 7.11 Å². The quantitative estimate of drug-likeness (QED) is 0.692. The van der Waals surface area contributed by atoms with E-state index in [9.17, 15) is 0 Å². The molecule has 2 unspecified atom stereocenters. The maximum absolute atomic E-state index is 5.95. The predicted octanol–water partition coefficient (Wildman–Crippen LogP) is 4.78. The van der Waals surface area contributed by atoms with Crippen LogP contribution in [0.25, 0.3) is 0 Å². The summed E-state index contributed by atoms with van der Waals surface area (Å²) >= 11 is 0. The van der Waals surface area contributed by atoms with Crippen LogP contribution in [-0.4, -0.2) is 25.8 Å². The minimum absolute atomic E-state index is 0.407. The van der Waals surface area contributed by atoms with Gasteiger partial charge in [0, 0.05) is 13.2 Å². The predicted molar refractivity (Wildman–Crippen MR) is 88.1 cm³/mol. The molecule has 0 aromatic heterocycles. The first-order valence-corrected chi connectivity index (χ1v) is 8.74. The molecule has 2 atom stereocenters. The van der Waals surface area contributed by atoms with Crippen molar-refractivity contribution in [3.63, 3.8) is 0 Å². The van der Waals surface area contributed by atoms with Crippen molar-refractivity contribution < 1.29 is 4.74 Å². The second-order valence-electron chi connectivity index (χ2n) is 7.76. The van der Waals surface area contributed by atoms with Gasteiger partial charge in [-0.2, -0.15) is 0 Å². The molecule has 2 nitrogen and oxygen atoms in total. The van der Waals surface area contributed by atoms with Crippen molar-refractivity contribution in [1.82, 2.24) is 5.32 Å². The van der Waals surface area contributed by atoms with Crippen LogP contribution < -0.4 is 5.32 Å². The Bertz CT molecular complexity index is 240. The standard InChI is InChI=1S/C18H37NO/c1-6-14-19-16(12-13-18(2,3)4)17(20-5)15-10-8-7-9-11-15/h15-17,19H,6-14H2,1-5H3. The third-order valence-electron chi connectivity index (χ3n) is 4.65. The van der Waals surface area contributed by atoms with Crippen LogP contribution in [0.3, 0.4) is 0 Å². The summed E-state index contributed by atoms with van der Waals surface area (Å²) in [5.74, 6) is 0.767. The van der Waals surface area contributed by atoms with Gasteiger partial charge in [-0.05, 0) is 50.0 Å². The molecule has 2 heteroatoms. The summed E-state index contributed by atoms with van der Waals surface area (Å²) in [6, 6.07) is 0.530. The summed E-state index contributed by atoms with van der Waals surface area (Å²) < 4.78 is 5.95. The van der Waals surface area contributed by atoms with E-state index >= 15 is 0 Å². The number of nitrogens with one attached hydrogen (secondary N) is 1. The first kappa shape index (κ1) is 18.0. The lowest BCUT2D eigenvalue weighted by atomic mass is 9.79. The van der Waals surface area contributed by atoms with E-state index in [0.717, 1.165) is 12.5 Å². The Balaban J connectivity index is 2.61. The van der Waals surface area contributed by atoms with Crippen molar-refractivity contribution in [2.75, 3.05) is 13.7 Å². The molecule has 1 rings (SSSR count). The SMILES string of the molecule is CCCNC(CCC(C)(C)C)C(OC)C1CCCCC1. The van der Waals surface area contributed by atoms with Gasteiger partial charge in [0.25, 0.3) is 0 Å². The zero-order valence-corrected chi connectivity index (χ0v) is 14.5. The van der Waals surface area contributed by atoms with Crippen LogP contribution in [0.5, 0.6) is 0 Å². The highest BCUT2D eigenvalue weighted by molar-refractivity contribution is 4.85. The Labute approximate surface area is 127 Å². The van der Waals surface area contributed by atoms with Crippen molar-refractivity contribution in [3.8, 4) is 0 Å². The Morgan fingerprint density at radius 2 is 1.80 bits per heavy atom. The Kier molecular flexibility index (Phi) is 8.13. The summed E-state index contributed by atoms with van der Waals surface area (Å²) in [7, 11) is 1.91. The normalized spacial score (nSPS) is 20.9. The largest absolute Gasteiger partial charge is 0.380 e. The van der Waals surface area contributed by atoms with Gasteiger partial charge in [0.15, 0.2) is 0 Å². The van der Waals surface area contributed by atoms with Crippen LogP contribution in [0.4, 0.5) is 0 Å². The zero-order chi connectivity index (χ0) is 15.0. The second kappa shape index (κ2) is 9.04. The van der Waals surface area contributed by atoms with Gasteiger partial charge in [-0.25, -0.2) is 0 Å². The molecule has 1 N–H and O–H groups in total.